The molecule has 0 saturated carbocycles. The van der Waals surface area contributed by atoms with Gasteiger partial charge in [0.1, 0.15) is 5.82 Å². The molecule has 1 aliphatic heterocycles. The Labute approximate surface area is 200 Å². The van der Waals surface area contributed by atoms with E-state index < -0.39 is 9.84 Å². The van der Waals surface area contributed by atoms with Gasteiger partial charge in [-0.15, -0.1) is 0 Å². The van der Waals surface area contributed by atoms with Crippen LogP contribution in [0.25, 0.3) is 6.08 Å². The number of carbonyl (C=O) groups is 1. The maximum Gasteiger partial charge on any atom is 0.262 e. The van der Waals surface area contributed by atoms with Crippen molar-refractivity contribution in [2.24, 2.45) is 0 Å². The Kier molecular flexibility index (Phi) is 6.39. The van der Waals surface area contributed by atoms with Gasteiger partial charge >= 0.3 is 0 Å². The van der Waals surface area contributed by atoms with Crippen LogP contribution in [0, 0.1) is 5.82 Å². The summed E-state index contributed by atoms with van der Waals surface area (Å²) in [4.78, 5) is 13.6. The third kappa shape index (κ3) is 4.95. The van der Waals surface area contributed by atoms with Crippen molar-refractivity contribution >= 4 is 71.1 Å². The minimum atomic E-state index is -3.63. The largest absolute Gasteiger partial charge is 0.320 e. The van der Waals surface area contributed by atoms with E-state index in [0.29, 0.717) is 35.6 Å². The van der Waals surface area contributed by atoms with Crippen molar-refractivity contribution in [2.75, 3.05) is 5.32 Å². The van der Waals surface area contributed by atoms with Crippen LogP contribution in [0.3, 0.4) is 0 Å². The zero-order chi connectivity index (χ0) is 22.2. The summed E-state index contributed by atoms with van der Waals surface area (Å²) in [6.07, 6.45) is 1.64. The molecule has 0 aliphatic carbocycles. The van der Waals surface area contributed by atoms with Gasteiger partial charge in [0.2, 0.25) is 0 Å². The maximum atomic E-state index is 13.1. The first-order valence-electron chi connectivity index (χ1n) is 8.99. The summed E-state index contributed by atoms with van der Waals surface area (Å²) >= 11 is 7.99. The highest BCUT2D eigenvalue weighted by Crippen LogP contribution is 2.40. The first kappa shape index (κ1) is 22.3. The summed E-state index contributed by atoms with van der Waals surface area (Å²) in [6.45, 7) is 0. The number of halogens is 3. The highest BCUT2D eigenvalue weighted by molar-refractivity contribution is 9.11. The number of fused-ring (bicyclic) bond motifs is 1. The second-order valence-corrected chi connectivity index (χ2v) is 11.5. The topological polar surface area (TPSA) is 63.2 Å². The molecule has 4 nitrogen and oxygen atoms in total. The van der Waals surface area contributed by atoms with Crippen molar-refractivity contribution in [1.82, 2.24) is 0 Å². The molecule has 31 heavy (non-hydrogen) atoms. The molecule has 0 aromatic heterocycles. The highest BCUT2D eigenvalue weighted by atomic mass is 79.9. The fourth-order valence-electron chi connectivity index (χ4n) is 2.98. The zero-order valence-corrected chi connectivity index (χ0v) is 20.5. The predicted octanol–water partition coefficient (Wildman–Crippen LogP) is 6.41. The molecule has 1 amide bonds. The lowest BCUT2D eigenvalue weighted by Crippen LogP contribution is -2.17. The van der Waals surface area contributed by atoms with Crippen LogP contribution in [-0.2, 0) is 20.4 Å². The van der Waals surface area contributed by atoms with E-state index in [0.717, 1.165) is 0 Å². The Hall–Kier alpha value is -1.94. The summed E-state index contributed by atoms with van der Waals surface area (Å²) in [6, 6.07) is 15.8. The van der Waals surface area contributed by atoms with E-state index in [4.69, 9.17) is 0 Å². The van der Waals surface area contributed by atoms with E-state index in [1.165, 1.54) is 30.0 Å². The molecule has 1 aliphatic rings. The number of carbonyl (C=O) groups excluding carboxylic acids is 1. The summed E-state index contributed by atoms with van der Waals surface area (Å²) in [5.41, 5.74) is 1.86. The van der Waals surface area contributed by atoms with Crippen LogP contribution < -0.4 is 5.32 Å². The Bertz CT molecular complexity index is 1300. The van der Waals surface area contributed by atoms with Gasteiger partial charge in [0.15, 0.2) is 9.84 Å². The minimum absolute atomic E-state index is 0.165. The van der Waals surface area contributed by atoms with Gasteiger partial charge in [0.25, 0.3) is 5.91 Å². The van der Waals surface area contributed by atoms with Crippen molar-refractivity contribution < 1.29 is 17.6 Å². The summed E-state index contributed by atoms with van der Waals surface area (Å²) in [5.74, 6) is -0.835. The average molecular weight is 583 g/mol. The second-order valence-electron chi connectivity index (χ2n) is 6.73. The second kappa shape index (κ2) is 8.90. The summed E-state index contributed by atoms with van der Waals surface area (Å²) in [5, 5.41) is 2.78. The van der Waals surface area contributed by atoms with Gasteiger partial charge in [-0.3, -0.25) is 4.79 Å². The third-order valence-corrected chi connectivity index (χ3v) is 8.78. The van der Waals surface area contributed by atoms with E-state index in [2.05, 4.69) is 37.2 Å². The third-order valence-electron chi connectivity index (χ3n) is 4.57. The molecule has 3 aromatic rings. The molecule has 0 bridgehead atoms. The van der Waals surface area contributed by atoms with E-state index in [1.54, 1.807) is 42.5 Å². The van der Waals surface area contributed by atoms with Crippen LogP contribution in [0.1, 0.15) is 11.1 Å². The lowest BCUT2D eigenvalue weighted by Gasteiger charge is -2.19. The van der Waals surface area contributed by atoms with Gasteiger partial charge in [-0.2, -0.15) is 0 Å². The van der Waals surface area contributed by atoms with Crippen LogP contribution >= 0.6 is 43.6 Å². The number of amides is 1. The van der Waals surface area contributed by atoms with Gasteiger partial charge in [0.05, 0.1) is 21.2 Å². The highest BCUT2D eigenvalue weighted by Gasteiger charge is 2.25. The number of nitrogens with one attached hydrogen (secondary N) is 1. The van der Waals surface area contributed by atoms with E-state index in [1.807, 2.05) is 6.07 Å². The molecular weight excluding hydrogens is 569 g/mol. The summed E-state index contributed by atoms with van der Waals surface area (Å²) in [7, 11) is -3.63. The lowest BCUT2D eigenvalue weighted by atomic mass is 10.2. The Morgan fingerprint density at radius 3 is 2.35 bits per heavy atom. The van der Waals surface area contributed by atoms with Crippen molar-refractivity contribution in [3.05, 3.63) is 91.5 Å². The molecule has 0 saturated heterocycles. The molecule has 0 spiro atoms. The number of sulfone groups is 1. The molecule has 0 atom stereocenters. The van der Waals surface area contributed by atoms with E-state index in [-0.39, 0.29) is 22.4 Å². The molecule has 158 valence electrons. The Morgan fingerprint density at radius 2 is 1.68 bits per heavy atom. The fourth-order valence-corrected chi connectivity index (χ4v) is 7.13. The smallest absolute Gasteiger partial charge is 0.262 e. The van der Waals surface area contributed by atoms with Gasteiger partial charge in [-0.05, 0) is 59.7 Å². The molecule has 0 fully saturated rings. The van der Waals surface area contributed by atoms with Gasteiger partial charge in [-0.25, -0.2) is 12.8 Å². The van der Waals surface area contributed by atoms with Gasteiger partial charge in [0, 0.05) is 13.8 Å². The molecule has 3 aromatic carbocycles. The van der Waals surface area contributed by atoms with Crippen LogP contribution in [0.15, 0.2) is 84.3 Å². The van der Waals surface area contributed by atoms with Crippen molar-refractivity contribution in [3.8, 4) is 0 Å². The zero-order valence-electron chi connectivity index (χ0n) is 15.7. The van der Waals surface area contributed by atoms with Crippen LogP contribution in [0.4, 0.5) is 10.1 Å². The fraction of sp³-hybridized carbons (Fsp3) is 0.0455. The van der Waals surface area contributed by atoms with Gasteiger partial charge in [-0.1, -0.05) is 61.8 Å². The normalized spacial score (nSPS) is 14.9. The Balaban J connectivity index is 1.65. The number of anilines is 1. The molecule has 9 heteroatoms. The minimum Gasteiger partial charge on any atom is -0.320 e. The lowest BCUT2D eigenvalue weighted by molar-refractivity contribution is -0.112. The maximum absolute atomic E-state index is 13.1. The quantitative estimate of drug-likeness (QED) is 0.361. The van der Waals surface area contributed by atoms with E-state index >= 15 is 0 Å². The first-order valence-corrected chi connectivity index (χ1v) is 13.0. The molecule has 1 heterocycles. The van der Waals surface area contributed by atoms with Crippen LogP contribution in [-0.4, -0.2) is 14.3 Å². The average Bonchev–Trinajstić information content (AvgIpc) is 2.73. The van der Waals surface area contributed by atoms with E-state index in [9.17, 15) is 17.6 Å². The number of thioether (sulfide) groups is 1. The molecular formula is C22H14Br2FNO3S2. The molecule has 0 radical (unpaired) electrons. The van der Waals surface area contributed by atoms with Crippen LogP contribution in [0.5, 0.6) is 0 Å². The monoisotopic (exact) mass is 581 g/mol. The van der Waals surface area contributed by atoms with Crippen molar-refractivity contribution in [2.45, 2.75) is 15.5 Å². The Morgan fingerprint density at radius 1 is 1.00 bits per heavy atom. The molecule has 0 unspecified atom stereocenters. The number of hydrogen-bond acceptors (Lipinski definition) is 4. The SMILES string of the molecule is O=C1Nc2ccc(S(=O)(=O)Cc3c(Br)cccc3Br)cc2SC1=Cc1ccc(F)cc1. The number of rotatable bonds is 4. The number of hydrogen-bond donors (Lipinski definition) is 1. The van der Waals surface area contributed by atoms with Gasteiger partial charge < -0.3 is 5.32 Å². The van der Waals surface area contributed by atoms with Crippen LogP contribution in [0.2, 0.25) is 0 Å². The van der Waals surface area contributed by atoms with Crippen molar-refractivity contribution in [1.29, 1.82) is 0 Å². The summed E-state index contributed by atoms with van der Waals surface area (Å²) < 4.78 is 40.7. The standard InChI is InChI=1S/C22H14Br2FNO3S2/c23-17-2-1-3-18(24)16(17)12-31(28,29)15-8-9-19-20(11-15)30-21(22(27)26-19)10-13-4-6-14(25)7-5-13/h1-11H,12H2,(H,26,27). The van der Waals surface area contributed by atoms with Crippen molar-refractivity contribution in [3.63, 3.8) is 0 Å². The predicted molar refractivity (Wildman–Crippen MR) is 128 cm³/mol. The first-order chi connectivity index (χ1) is 14.7. The number of benzene rings is 3. The molecule has 1 N–H and O–H groups in total. The molecule has 4 rings (SSSR count).